The van der Waals surface area contributed by atoms with Gasteiger partial charge in [0.25, 0.3) is 0 Å². The van der Waals surface area contributed by atoms with Crippen LogP contribution in [0.3, 0.4) is 0 Å². The van der Waals surface area contributed by atoms with Gasteiger partial charge in [-0.25, -0.2) is 0 Å². The Labute approximate surface area is 163 Å². The lowest BCUT2D eigenvalue weighted by Crippen LogP contribution is -2.49. The average molecular weight is 394 g/mol. The quantitative estimate of drug-likeness (QED) is 0.701. The van der Waals surface area contributed by atoms with Crippen LogP contribution in [0.1, 0.15) is 43.4 Å². The second-order valence-corrected chi connectivity index (χ2v) is 8.49. The lowest BCUT2D eigenvalue weighted by Gasteiger charge is -2.35. The summed E-state index contributed by atoms with van der Waals surface area (Å²) in [5.74, 6) is -0.819. The maximum absolute atomic E-state index is 12.6. The van der Waals surface area contributed by atoms with Gasteiger partial charge in [-0.15, -0.1) is 11.3 Å². The average Bonchev–Trinajstić information content (AvgIpc) is 3.29. The molecule has 0 aromatic carbocycles. The van der Waals surface area contributed by atoms with E-state index in [0.717, 1.165) is 32.7 Å². The van der Waals surface area contributed by atoms with E-state index in [1.165, 1.54) is 4.88 Å². The van der Waals surface area contributed by atoms with Crippen LogP contribution in [0.5, 0.6) is 0 Å². The summed E-state index contributed by atoms with van der Waals surface area (Å²) in [5.41, 5.74) is -0.536. The molecule has 148 valence electrons. The topological polar surface area (TPSA) is 90.0 Å². The van der Waals surface area contributed by atoms with Gasteiger partial charge in [0.15, 0.2) is 0 Å². The van der Waals surface area contributed by atoms with E-state index in [1.807, 2.05) is 4.90 Å². The molecule has 2 N–H and O–H groups in total. The molecule has 0 radical (unpaired) electrons. The van der Waals surface area contributed by atoms with Crippen molar-refractivity contribution in [1.82, 2.24) is 15.1 Å². The first-order chi connectivity index (χ1) is 13.0. The van der Waals surface area contributed by atoms with Crippen LogP contribution in [0.25, 0.3) is 0 Å². The molecule has 2 aliphatic heterocycles. The summed E-state index contributed by atoms with van der Waals surface area (Å²) in [6, 6.07) is 4.19. The first-order valence-corrected chi connectivity index (χ1v) is 10.4. The Morgan fingerprint density at radius 2 is 1.93 bits per heavy atom. The SMILES string of the molecule is O=C(O)CC[C@]1(CCC(=O)N2CCN(Cc3cccs3)CC2)CCC(=O)N1. The Bertz CT molecular complexity index is 671. The third-order valence-electron chi connectivity index (χ3n) is 5.55. The number of amides is 2. The Morgan fingerprint density at radius 3 is 2.52 bits per heavy atom. The van der Waals surface area contributed by atoms with Crippen molar-refractivity contribution in [3.8, 4) is 0 Å². The molecule has 2 saturated heterocycles. The van der Waals surface area contributed by atoms with Crippen molar-refractivity contribution in [2.45, 2.75) is 50.6 Å². The molecule has 1 atom stereocenters. The lowest BCUT2D eigenvalue weighted by molar-refractivity contribution is -0.137. The third kappa shape index (κ3) is 5.52. The van der Waals surface area contributed by atoms with Crippen molar-refractivity contribution in [1.29, 1.82) is 0 Å². The number of hydrogen-bond donors (Lipinski definition) is 2. The first kappa shape index (κ1) is 19.8. The number of aliphatic carboxylic acids is 1. The van der Waals surface area contributed by atoms with E-state index >= 15 is 0 Å². The predicted octanol–water partition coefficient (Wildman–Crippen LogP) is 1.69. The molecule has 2 amide bonds. The van der Waals surface area contributed by atoms with E-state index in [1.54, 1.807) is 11.3 Å². The van der Waals surface area contributed by atoms with Crippen LogP contribution >= 0.6 is 11.3 Å². The molecular formula is C19H27N3O4S. The molecule has 8 heteroatoms. The largest absolute Gasteiger partial charge is 0.481 e. The molecule has 7 nitrogen and oxygen atoms in total. The van der Waals surface area contributed by atoms with Gasteiger partial charge < -0.3 is 15.3 Å². The molecule has 0 unspecified atom stereocenters. The van der Waals surface area contributed by atoms with Crippen LogP contribution < -0.4 is 5.32 Å². The second-order valence-electron chi connectivity index (χ2n) is 7.46. The normalized spacial score (nSPS) is 23.4. The van der Waals surface area contributed by atoms with E-state index < -0.39 is 11.5 Å². The van der Waals surface area contributed by atoms with Crippen molar-refractivity contribution in [3.05, 3.63) is 22.4 Å². The molecule has 0 bridgehead atoms. The molecule has 3 rings (SSSR count). The molecule has 2 aliphatic rings. The zero-order chi connectivity index (χ0) is 19.3. The van der Waals surface area contributed by atoms with Gasteiger partial charge in [0.05, 0.1) is 0 Å². The van der Waals surface area contributed by atoms with E-state index in [4.69, 9.17) is 5.11 Å². The summed E-state index contributed by atoms with van der Waals surface area (Å²) < 4.78 is 0. The van der Waals surface area contributed by atoms with E-state index in [-0.39, 0.29) is 18.2 Å². The highest BCUT2D eigenvalue weighted by Crippen LogP contribution is 2.30. The monoisotopic (exact) mass is 393 g/mol. The van der Waals surface area contributed by atoms with Crippen molar-refractivity contribution in [2.24, 2.45) is 0 Å². The third-order valence-corrected chi connectivity index (χ3v) is 6.42. The number of carboxylic acids is 1. The Balaban J connectivity index is 1.45. The molecule has 0 saturated carbocycles. The number of piperazine rings is 1. The van der Waals surface area contributed by atoms with Gasteiger partial charge in [0.1, 0.15) is 0 Å². The Hall–Kier alpha value is -1.93. The molecule has 2 fully saturated rings. The zero-order valence-corrected chi connectivity index (χ0v) is 16.3. The summed E-state index contributed by atoms with van der Waals surface area (Å²) in [5, 5.41) is 14.0. The number of hydrogen-bond acceptors (Lipinski definition) is 5. The van der Waals surface area contributed by atoms with Crippen LogP contribution in [-0.2, 0) is 20.9 Å². The number of rotatable bonds is 8. The van der Waals surface area contributed by atoms with Crippen molar-refractivity contribution < 1.29 is 19.5 Å². The summed E-state index contributed by atoms with van der Waals surface area (Å²) in [6.45, 7) is 4.11. The van der Waals surface area contributed by atoms with Crippen molar-refractivity contribution in [2.75, 3.05) is 26.2 Å². The van der Waals surface area contributed by atoms with Gasteiger partial charge >= 0.3 is 5.97 Å². The summed E-state index contributed by atoms with van der Waals surface area (Å²) in [7, 11) is 0. The standard InChI is InChI=1S/C19H27N3O4S/c23-16-3-6-19(20-16,8-5-18(25)26)7-4-17(24)22-11-9-21(10-12-22)14-15-2-1-13-27-15/h1-2,13H,3-12,14H2,(H,20,23)(H,25,26)/t19-/m1/s1. The predicted molar refractivity (Wildman–Crippen MR) is 102 cm³/mol. The minimum Gasteiger partial charge on any atom is -0.481 e. The maximum Gasteiger partial charge on any atom is 0.303 e. The van der Waals surface area contributed by atoms with Crippen molar-refractivity contribution in [3.63, 3.8) is 0 Å². The van der Waals surface area contributed by atoms with Gasteiger partial charge in [0.2, 0.25) is 11.8 Å². The van der Waals surface area contributed by atoms with Gasteiger partial charge in [-0.1, -0.05) is 6.07 Å². The lowest BCUT2D eigenvalue weighted by atomic mass is 9.86. The molecule has 3 heterocycles. The Kier molecular flexibility index (Phi) is 6.49. The highest BCUT2D eigenvalue weighted by Gasteiger charge is 2.38. The zero-order valence-electron chi connectivity index (χ0n) is 15.5. The fraction of sp³-hybridized carbons (Fsp3) is 0.632. The maximum atomic E-state index is 12.6. The molecule has 1 aromatic rings. The van der Waals surface area contributed by atoms with Crippen LogP contribution in [0.2, 0.25) is 0 Å². The molecule has 27 heavy (non-hydrogen) atoms. The molecule has 1 aromatic heterocycles. The van der Waals surface area contributed by atoms with E-state index in [0.29, 0.717) is 32.1 Å². The van der Waals surface area contributed by atoms with Crippen LogP contribution in [0.4, 0.5) is 0 Å². The summed E-state index contributed by atoms with van der Waals surface area (Å²) in [4.78, 5) is 40.8. The van der Waals surface area contributed by atoms with Gasteiger partial charge in [-0.05, 0) is 30.7 Å². The first-order valence-electron chi connectivity index (χ1n) is 9.51. The number of carboxylic acid groups (broad SMARTS) is 1. The fourth-order valence-corrected chi connectivity index (χ4v) is 4.65. The number of carbonyl (C=O) groups excluding carboxylic acids is 2. The highest BCUT2D eigenvalue weighted by molar-refractivity contribution is 7.09. The van der Waals surface area contributed by atoms with Gasteiger partial charge in [0, 0.05) is 62.4 Å². The number of carbonyl (C=O) groups is 3. The summed E-state index contributed by atoms with van der Waals surface area (Å²) >= 11 is 1.75. The molecular weight excluding hydrogens is 366 g/mol. The van der Waals surface area contributed by atoms with Gasteiger partial charge in [-0.2, -0.15) is 0 Å². The number of thiophene rings is 1. The smallest absolute Gasteiger partial charge is 0.303 e. The summed E-state index contributed by atoms with van der Waals surface area (Å²) in [6.07, 6.45) is 2.28. The van der Waals surface area contributed by atoms with Crippen LogP contribution in [-0.4, -0.2) is 64.4 Å². The van der Waals surface area contributed by atoms with Gasteiger partial charge in [-0.3, -0.25) is 19.3 Å². The van der Waals surface area contributed by atoms with Crippen LogP contribution in [0, 0.1) is 0 Å². The minimum absolute atomic E-state index is 0.00979. The Morgan fingerprint density at radius 1 is 1.19 bits per heavy atom. The minimum atomic E-state index is -0.872. The van der Waals surface area contributed by atoms with E-state index in [2.05, 4.69) is 27.7 Å². The highest BCUT2D eigenvalue weighted by atomic mass is 32.1. The molecule has 0 spiro atoms. The number of nitrogens with zero attached hydrogens (tertiary/aromatic N) is 2. The number of nitrogens with one attached hydrogen (secondary N) is 1. The second kappa shape index (κ2) is 8.84. The van der Waals surface area contributed by atoms with Crippen molar-refractivity contribution >= 4 is 29.1 Å². The molecule has 0 aliphatic carbocycles. The fourth-order valence-electron chi connectivity index (χ4n) is 3.90. The van der Waals surface area contributed by atoms with E-state index in [9.17, 15) is 14.4 Å². The van der Waals surface area contributed by atoms with Crippen LogP contribution in [0.15, 0.2) is 17.5 Å².